The second-order valence-corrected chi connectivity index (χ2v) is 15.5. The van der Waals surface area contributed by atoms with Gasteiger partial charge >= 0.3 is 0 Å². The third-order valence-corrected chi connectivity index (χ3v) is 14.3. The highest BCUT2D eigenvalue weighted by Crippen LogP contribution is 2.76. The summed E-state index contributed by atoms with van der Waals surface area (Å²) in [6, 6.07) is 30.9. The van der Waals surface area contributed by atoms with Crippen LogP contribution in [0.3, 0.4) is 0 Å². The number of benzene rings is 4. The lowest BCUT2D eigenvalue weighted by atomic mass is 10.0. The van der Waals surface area contributed by atoms with Gasteiger partial charge in [-0.05, 0) is 74.9 Å². The first kappa shape index (κ1) is 28.7. The Labute approximate surface area is 242 Å². The molecule has 0 bridgehead atoms. The number of rotatable bonds is 9. The van der Waals surface area contributed by atoms with E-state index in [0.29, 0.717) is 32.0 Å². The predicted molar refractivity (Wildman–Crippen MR) is 165 cm³/mol. The lowest BCUT2D eigenvalue weighted by molar-refractivity contribution is 0.617. The third-order valence-electron chi connectivity index (χ3n) is 7.21. The maximum atomic E-state index is 15.8. The van der Waals surface area contributed by atoms with Gasteiger partial charge in [0.25, 0.3) is 0 Å². The van der Waals surface area contributed by atoms with E-state index >= 15 is 8.78 Å². The largest absolute Gasteiger partial charge is 0.251 e. The molecule has 0 spiro atoms. The molecule has 0 saturated carbocycles. The Morgan fingerprint density at radius 1 is 0.744 bits per heavy atom. The van der Waals surface area contributed by atoms with E-state index in [0.717, 1.165) is 32.2 Å². The van der Waals surface area contributed by atoms with Crippen molar-refractivity contribution >= 4 is 50.0 Å². The van der Waals surface area contributed by atoms with Gasteiger partial charge in [-0.1, -0.05) is 97.2 Å². The van der Waals surface area contributed by atoms with Gasteiger partial charge in [-0.15, -0.1) is 0 Å². The van der Waals surface area contributed by atoms with E-state index < -0.39 is 27.8 Å². The molecule has 1 fully saturated rings. The molecule has 0 amide bonds. The molecule has 0 N–H and O–H groups in total. The van der Waals surface area contributed by atoms with Crippen LogP contribution in [0, 0.1) is 11.6 Å². The first-order valence-corrected chi connectivity index (χ1v) is 16.8. The average Bonchev–Trinajstić information content (AvgIpc) is 3.38. The van der Waals surface area contributed by atoms with Gasteiger partial charge in [0.1, 0.15) is 11.6 Å². The molecule has 0 aromatic heterocycles. The van der Waals surface area contributed by atoms with E-state index in [1.165, 1.54) is 23.3 Å². The highest BCUT2D eigenvalue weighted by molar-refractivity contribution is 7.79. The Bertz CT molecular complexity index is 1290. The summed E-state index contributed by atoms with van der Waals surface area (Å²) >= 11 is 12.4. The van der Waals surface area contributed by atoms with E-state index in [9.17, 15) is 0 Å². The van der Waals surface area contributed by atoms with Gasteiger partial charge in [0.15, 0.2) is 0 Å². The van der Waals surface area contributed by atoms with Gasteiger partial charge < -0.3 is 0 Å². The highest BCUT2D eigenvalue weighted by Gasteiger charge is 2.45. The van der Waals surface area contributed by atoms with Crippen molar-refractivity contribution in [2.24, 2.45) is 0 Å². The van der Waals surface area contributed by atoms with E-state index in [-0.39, 0.29) is 0 Å². The van der Waals surface area contributed by atoms with Crippen LogP contribution in [0.25, 0.3) is 0 Å². The predicted octanol–water partition coefficient (Wildman–Crippen LogP) is 10.4. The average molecular weight is 600 g/mol. The highest BCUT2D eigenvalue weighted by atomic mass is 35.5. The molecule has 39 heavy (non-hydrogen) atoms. The van der Waals surface area contributed by atoms with Gasteiger partial charge in [0.2, 0.25) is 0 Å². The zero-order chi connectivity index (χ0) is 27.4. The van der Waals surface area contributed by atoms with E-state index in [4.69, 9.17) is 23.2 Å². The van der Waals surface area contributed by atoms with Crippen LogP contribution in [-0.2, 0) is 0 Å². The topological polar surface area (TPSA) is 3.24 Å². The van der Waals surface area contributed by atoms with E-state index in [2.05, 4.69) is 59.9 Å². The normalized spacial score (nSPS) is 17.8. The van der Waals surface area contributed by atoms with E-state index in [1.807, 2.05) is 12.1 Å². The Hall–Kier alpha value is -1.86. The zero-order valence-corrected chi connectivity index (χ0v) is 25.1. The molecule has 7 heteroatoms. The summed E-state index contributed by atoms with van der Waals surface area (Å²) in [6.07, 6.45) is 3.99. The smallest absolute Gasteiger partial charge is 0.133 e. The Balaban J connectivity index is 1.72. The maximum Gasteiger partial charge on any atom is 0.133 e. The van der Waals surface area contributed by atoms with Gasteiger partial charge in [-0.25, -0.2) is 8.78 Å². The Morgan fingerprint density at radius 2 is 1.21 bits per heavy atom. The monoisotopic (exact) mass is 599 g/mol. The van der Waals surface area contributed by atoms with Crippen molar-refractivity contribution in [2.75, 3.05) is 6.54 Å². The summed E-state index contributed by atoms with van der Waals surface area (Å²) in [6.45, 7) is 2.92. The van der Waals surface area contributed by atoms with Gasteiger partial charge in [0, 0.05) is 46.6 Å². The summed E-state index contributed by atoms with van der Waals surface area (Å²) in [4.78, 5) is 0. The molecule has 202 valence electrons. The fourth-order valence-electron chi connectivity index (χ4n) is 5.41. The molecule has 4 aromatic carbocycles. The van der Waals surface area contributed by atoms with Crippen molar-refractivity contribution in [3.8, 4) is 0 Å². The van der Waals surface area contributed by atoms with Crippen LogP contribution < -0.4 is 10.6 Å². The number of nitrogens with zero attached hydrogens (tertiary/aromatic N) is 1. The standard InChI is InChI=1S/C32H31Cl2F2NP2/c1-2-3-20-37(39(31-16-14-25(33)21-27(31)35)32-17-15-26(34)22-28(32)36)38-29(23-10-6-4-7-11-23)18-19-30(38)24-12-8-5-9-13-24/h4-17,21-22,29-30H,2-3,18-20H2,1H3/t29-,30-/m1/s1. The fraction of sp³-hybridized carbons (Fsp3) is 0.250. The summed E-state index contributed by atoms with van der Waals surface area (Å²) in [7, 11) is -2.41. The second kappa shape index (κ2) is 13.2. The van der Waals surface area contributed by atoms with E-state index in [1.54, 1.807) is 24.3 Å². The lowest BCUT2D eigenvalue weighted by Crippen LogP contribution is -2.30. The van der Waals surface area contributed by atoms with Crippen LogP contribution in [0.1, 0.15) is 55.1 Å². The van der Waals surface area contributed by atoms with Crippen molar-refractivity contribution in [1.82, 2.24) is 4.44 Å². The molecule has 1 nitrogen and oxygen atoms in total. The molecule has 0 unspecified atom stereocenters. The van der Waals surface area contributed by atoms with Crippen LogP contribution in [0.5, 0.6) is 0 Å². The van der Waals surface area contributed by atoms with Gasteiger partial charge in [0.05, 0.1) is 0 Å². The molecule has 5 rings (SSSR count). The summed E-state index contributed by atoms with van der Waals surface area (Å²) < 4.78 is 34.0. The first-order valence-electron chi connectivity index (χ1n) is 13.3. The molecule has 1 saturated heterocycles. The van der Waals surface area contributed by atoms with Gasteiger partial charge in [-0.2, -0.15) is 0 Å². The van der Waals surface area contributed by atoms with Crippen molar-refractivity contribution < 1.29 is 8.78 Å². The zero-order valence-electron chi connectivity index (χ0n) is 21.8. The van der Waals surface area contributed by atoms with Crippen LogP contribution in [0.2, 0.25) is 10.0 Å². The van der Waals surface area contributed by atoms with Crippen molar-refractivity contribution in [3.63, 3.8) is 0 Å². The maximum absolute atomic E-state index is 15.8. The molecule has 1 aliphatic heterocycles. The molecule has 2 atom stereocenters. The SMILES string of the molecule is CCCCN(P(c1ccc(Cl)cc1F)c1ccc(Cl)cc1F)P1[C@@H](c2ccccc2)CC[C@@H]1c1ccccc1. The number of hydrogen-bond donors (Lipinski definition) is 0. The molecular formula is C32H31Cl2F2NP2. The second-order valence-electron chi connectivity index (χ2n) is 9.76. The first-order chi connectivity index (χ1) is 19.0. The summed E-state index contributed by atoms with van der Waals surface area (Å²) in [5.74, 6) is -0.794. The molecule has 0 aliphatic carbocycles. The minimum atomic E-state index is -1.54. The summed E-state index contributed by atoms with van der Waals surface area (Å²) in [5, 5.41) is 1.66. The molecular weight excluding hydrogens is 569 g/mol. The Kier molecular flexibility index (Phi) is 9.70. The Morgan fingerprint density at radius 3 is 1.62 bits per heavy atom. The van der Waals surface area contributed by atoms with Crippen molar-refractivity contribution in [3.05, 3.63) is 130 Å². The fourth-order valence-corrected chi connectivity index (χ4v) is 13.2. The van der Waals surface area contributed by atoms with Crippen LogP contribution in [-0.4, -0.2) is 11.0 Å². The molecule has 4 aromatic rings. The summed E-state index contributed by atoms with van der Waals surface area (Å²) in [5.41, 5.74) is 3.18. The third kappa shape index (κ3) is 6.40. The number of halogens is 4. The molecule has 0 radical (unpaired) electrons. The minimum absolute atomic E-state index is 0.291. The number of hydrogen-bond acceptors (Lipinski definition) is 1. The van der Waals surface area contributed by atoms with Crippen LogP contribution in [0.4, 0.5) is 8.78 Å². The van der Waals surface area contributed by atoms with Gasteiger partial charge in [-0.3, -0.25) is 4.44 Å². The van der Waals surface area contributed by atoms with Crippen molar-refractivity contribution in [2.45, 2.75) is 43.9 Å². The lowest BCUT2D eigenvalue weighted by Gasteiger charge is -2.42. The number of unbranched alkanes of at least 4 members (excludes halogenated alkanes) is 1. The van der Waals surface area contributed by atoms with Crippen LogP contribution in [0.15, 0.2) is 97.1 Å². The molecule has 1 heterocycles. The van der Waals surface area contributed by atoms with Crippen molar-refractivity contribution in [1.29, 1.82) is 0 Å². The molecule has 1 aliphatic rings. The minimum Gasteiger partial charge on any atom is -0.251 e. The van der Waals surface area contributed by atoms with Crippen LogP contribution >= 0.6 is 39.3 Å². The quantitative estimate of drug-likeness (QED) is 0.173.